The van der Waals surface area contributed by atoms with E-state index in [0.717, 1.165) is 22.0 Å². The molecule has 0 heterocycles. The normalized spacial score (nSPS) is 10.3. The molecule has 0 saturated heterocycles. The number of aryl methyl sites for hydroxylation is 1. The smallest absolute Gasteiger partial charge is 0.193 e. The Morgan fingerprint density at radius 1 is 1.22 bits per heavy atom. The number of nitrogens with two attached hydrogens (primary N) is 1. The van der Waals surface area contributed by atoms with Crippen LogP contribution in [0.4, 0.5) is 5.69 Å². The van der Waals surface area contributed by atoms with Crippen LogP contribution in [0, 0.1) is 0 Å². The second-order valence-electron chi connectivity index (χ2n) is 4.08. The van der Waals surface area contributed by atoms with Gasteiger partial charge in [-0.2, -0.15) is 0 Å². The van der Waals surface area contributed by atoms with Crippen molar-refractivity contribution in [1.82, 2.24) is 0 Å². The predicted molar refractivity (Wildman–Crippen MR) is 77.8 cm³/mol. The summed E-state index contributed by atoms with van der Waals surface area (Å²) in [5.41, 5.74) is 8.84. The van der Waals surface area contributed by atoms with Gasteiger partial charge in [0.2, 0.25) is 0 Å². The number of ketones is 1. The zero-order valence-electron chi connectivity index (χ0n) is 10.1. The summed E-state index contributed by atoms with van der Waals surface area (Å²) in [5.74, 6) is 0.0353. The van der Waals surface area contributed by atoms with Crippen LogP contribution in [0.15, 0.2) is 46.9 Å². The van der Waals surface area contributed by atoms with Crippen molar-refractivity contribution in [3.05, 3.63) is 63.6 Å². The molecule has 0 aliphatic rings. The number of hydrogen-bond acceptors (Lipinski definition) is 2. The molecular weight excluding hydrogens is 290 g/mol. The number of hydrogen-bond donors (Lipinski definition) is 1. The Labute approximate surface area is 115 Å². The minimum atomic E-state index is 0.0353. The fourth-order valence-electron chi connectivity index (χ4n) is 1.87. The Bertz CT molecular complexity index is 593. The summed E-state index contributed by atoms with van der Waals surface area (Å²) in [4.78, 5) is 12.4. The van der Waals surface area contributed by atoms with Gasteiger partial charge in [-0.15, -0.1) is 0 Å². The maximum atomic E-state index is 12.4. The van der Waals surface area contributed by atoms with Crippen LogP contribution in [0.25, 0.3) is 0 Å². The van der Waals surface area contributed by atoms with E-state index in [1.807, 2.05) is 31.2 Å². The lowest BCUT2D eigenvalue weighted by molar-refractivity contribution is 0.103. The van der Waals surface area contributed by atoms with Gasteiger partial charge in [-0.25, -0.2) is 0 Å². The highest BCUT2D eigenvalue weighted by Crippen LogP contribution is 2.23. The van der Waals surface area contributed by atoms with Gasteiger partial charge in [0.1, 0.15) is 0 Å². The average molecular weight is 304 g/mol. The minimum absolute atomic E-state index is 0.0353. The maximum absolute atomic E-state index is 12.4. The number of rotatable bonds is 3. The van der Waals surface area contributed by atoms with Crippen LogP contribution < -0.4 is 5.73 Å². The SMILES string of the molecule is CCc1ccccc1C(=O)c1ccc(N)c(Br)c1. The van der Waals surface area contributed by atoms with E-state index in [2.05, 4.69) is 15.9 Å². The highest BCUT2D eigenvalue weighted by Gasteiger charge is 2.13. The number of halogens is 1. The lowest BCUT2D eigenvalue weighted by Gasteiger charge is -2.07. The molecule has 0 radical (unpaired) electrons. The first-order valence-electron chi connectivity index (χ1n) is 5.81. The fraction of sp³-hybridized carbons (Fsp3) is 0.133. The summed E-state index contributed by atoms with van der Waals surface area (Å²) < 4.78 is 0.752. The quantitative estimate of drug-likeness (QED) is 0.692. The zero-order valence-corrected chi connectivity index (χ0v) is 11.7. The third kappa shape index (κ3) is 2.46. The molecule has 3 heteroatoms. The van der Waals surface area contributed by atoms with Gasteiger partial charge in [0.15, 0.2) is 5.78 Å². The third-order valence-corrected chi connectivity index (χ3v) is 3.59. The monoisotopic (exact) mass is 303 g/mol. The number of benzene rings is 2. The summed E-state index contributed by atoms with van der Waals surface area (Å²) in [5, 5.41) is 0. The van der Waals surface area contributed by atoms with E-state index in [1.54, 1.807) is 18.2 Å². The van der Waals surface area contributed by atoms with Gasteiger partial charge in [0.25, 0.3) is 0 Å². The first-order valence-corrected chi connectivity index (χ1v) is 6.60. The van der Waals surface area contributed by atoms with Crippen LogP contribution in [-0.2, 0) is 6.42 Å². The van der Waals surface area contributed by atoms with Crippen LogP contribution in [0.1, 0.15) is 28.4 Å². The minimum Gasteiger partial charge on any atom is -0.398 e. The molecule has 0 aliphatic carbocycles. The van der Waals surface area contributed by atoms with E-state index in [1.165, 1.54) is 0 Å². The third-order valence-electron chi connectivity index (χ3n) is 2.91. The molecule has 0 fully saturated rings. The molecule has 0 saturated carbocycles. The van der Waals surface area contributed by atoms with Crippen LogP contribution in [0.3, 0.4) is 0 Å². The van der Waals surface area contributed by atoms with Crippen LogP contribution in [0.2, 0.25) is 0 Å². The van der Waals surface area contributed by atoms with E-state index >= 15 is 0 Å². The fourth-order valence-corrected chi connectivity index (χ4v) is 2.25. The highest BCUT2D eigenvalue weighted by atomic mass is 79.9. The Kier molecular flexibility index (Phi) is 3.82. The van der Waals surface area contributed by atoms with E-state index in [4.69, 9.17) is 5.73 Å². The van der Waals surface area contributed by atoms with Crippen molar-refractivity contribution < 1.29 is 4.79 Å². The number of carbonyl (C=O) groups is 1. The molecule has 2 aromatic carbocycles. The maximum Gasteiger partial charge on any atom is 0.193 e. The molecule has 18 heavy (non-hydrogen) atoms. The van der Waals surface area contributed by atoms with Crippen molar-refractivity contribution >= 4 is 27.4 Å². The number of nitrogen functional groups attached to an aromatic ring is 1. The molecule has 2 rings (SSSR count). The van der Waals surface area contributed by atoms with Gasteiger partial charge in [0.05, 0.1) is 0 Å². The van der Waals surface area contributed by atoms with Crippen LogP contribution in [0.5, 0.6) is 0 Å². The lowest BCUT2D eigenvalue weighted by atomic mass is 9.97. The van der Waals surface area contributed by atoms with Gasteiger partial charge in [0, 0.05) is 21.3 Å². The second kappa shape index (κ2) is 5.36. The van der Waals surface area contributed by atoms with Gasteiger partial charge in [-0.3, -0.25) is 4.79 Å². The molecule has 2 aromatic rings. The molecule has 0 aliphatic heterocycles. The number of anilines is 1. The molecule has 2 N–H and O–H groups in total. The van der Waals surface area contributed by atoms with Gasteiger partial charge in [-0.1, -0.05) is 31.2 Å². The zero-order chi connectivity index (χ0) is 13.1. The average Bonchev–Trinajstić information content (AvgIpc) is 2.41. The summed E-state index contributed by atoms with van der Waals surface area (Å²) in [6.07, 6.45) is 0.845. The predicted octanol–water partition coefficient (Wildman–Crippen LogP) is 3.82. The molecule has 92 valence electrons. The van der Waals surface area contributed by atoms with Crippen molar-refractivity contribution in [1.29, 1.82) is 0 Å². The summed E-state index contributed by atoms with van der Waals surface area (Å²) in [6, 6.07) is 13.0. The first kappa shape index (κ1) is 12.8. The van der Waals surface area contributed by atoms with E-state index in [9.17, 15) is 4.79 Å². The molecule has 0 atom stereocenters. The first-order chi connectivity index (χ1) is 8.63. The van der Waals surface area contributed by atoms with Crippen molar-refractivity contribution in [3.63, 3.8) is 0 Å². The summed E-state index contributed by atoms with van der Waals surface area (Å²) in [7, 11) is 0. The Balaban J connectivity index is 2.44. The van der Waals surface area contributed by atoms with Crippen molar-refractivity contribution in [2.45, 2.75) is 13.3 Å². The highest BCUT2D eigenvalue weighted by molar-refractivity contribution is 9.10. The summed E-state index contributed by atoms with van der Waals surface area (Å²) in [6.45, 7) is 2.05. The molecule has 2 nitrogen and oxygen atoms in total. The summed E-state index contributed by atoms with van der Waals surface area (Å²) >= 11 is 3.35. The topological polar surface area (TPSA) is 43.1 Å². The van der Waals surface area contributed by atoms with E-state index < -0.39 is 0 Å². The van der Waals surface area contributed by atoms with Gasteiger partial charge < -0.3 is 5.73 Å². The van der Waals surface area contributed by atoms with Gasteiger partial charge >= 0.3 is 0 Å². The van der Waals surface area contributed by atoms with Crippen molar-refractivity contribution in [3.8, 4) is 0 Å². The Hall–Kier alpha value is -1.61. The van der Waals surface area contributed by atoms with Gasteiger partial charge in [-0.05, 0) is 46.1 Å². The van der Waals surface area contributed by atoms with Crippen molar-refractivity contribution in [2.75, 3.05) is 5.73 Å². The lowest BCUT2D eigenvalue weighted by Crippen LogP contribution is -2.05. The largest absolute Gasteiger partial charge is 0.398 e. The molecule has 0 bridgehead atoms. The number of carbonyl (C=O) groups excluding carboxylic acids is 1. The Morgan fingerprint density at radius 2 is 1.94 bits per heavy atom. The van der Waals surface area contributed by atoms with Crippen molar-refractivity contribution in [2.24, 2.45) is 0 Å². The Morgan fingerprint density at radius 3 is 2.61 bits per heavy atom. The molecule has 0 amide bonds. The standard InChI is InChI=1S/C15H14BrNO/c1-2-10-5-3-4-6-12(10)15(18)11-7-8-14(17)13(16)9-11/h3-9H,2,17H2,1H3. The van der Waals surface area contributed by atoms with E-state index in [0.29, 0.717) is 11.3 Å². The molecule has 0 unspecified atom stereocenters. The second-order valence-corrected chi connectivity index (χ2v) is 4.93. The van der Waals surface area contributed by atoms with Crippen LogP contribution >= 0.6 is 15.9 Å². The van der Waals surface area contributed by atoms with E-state index in [-0.39, 0.29) is 5.78 Å². The molecule has 0 spiro atoms. The molecular formula is C15H14BrNO. The molecule has 0 aromatic heterocycles. The van der Waals surface area contributed by atoms with Crippen LogP contribution in [-0.4, -0.2) is 5.78 Å².